The van der Waals surface area contributed by atoms with Gasteiger partial charge in [-0.3, -0.25) is 0 Å². The Kier molecular flexibility index (Phi) is 1.24. The number of aromatic amines is 1. The van der Waals surface area contributed by atoms with Gasteiger partial charge in [-0.15, -0.1) is 0 Å². The highest BCUT2D eigenvalue weighted by atomic mass is 15.0. The van der Waals surface area contributed by atoms with Crippen molar-refractivity contribution in [3.8, 4) is 0 Å². The maximum absolute atomic E-state index is 5.46. The number of rotatable bonds is 0. The quantitative estimate of drug-likeness (QED) is 0.530. The van der Waals surface area contributed by atoms with Crippen LogP contribution in [-0.4, -0.2) is 16.5 Å². The molecule has 1 aromatic heterocycles. The van der Waals surface area contributed by atoms with Crippen molar-refractivity contribution in [2.24, 2.45) is 0 Å². The molecule has 1 aromatic rings. The maximum Gasteiger partial charge on any atom is 0.111 e. The van der Waals surface area contributed by atoms with Crippen molar-refractivity contribution < 1.29 is 0 Å². The van der Waals surface area contributed by atoms with Crippen LogP contribution in [0.2, 0.25) is 0 Å². The standard InChI is InChI=1S/C7H9N3/c1-5-9-6-2-3-8-4-7(6)10-5/h1,8H,2-4H2,(H,9,10). The fraction of sp³-hybridized carbons (Fsp3) is 0.429. The summed E-state index contributed by atoms with van der Waals surface area (Å²) in [7, 11) is 0. The van der Waals surface area contributed by atoms with Gasteiger partial charge in [0.1, 0.15) is 5.82 Å². The number of nitrogens with zero attached hydrogens (tertiary/aromatic N) is 1. The molecule has 0 spiro atoms. The van der Waals surface area contributed by atoms with Crippen molar-refractivity contribution in [2.75, 3.05) is 6.54 Å². The molecule has 0 amide bonds. The molecule has 0 bridgehead atoms. The first-order valence-corrected chi connectivity index (χ1v) is 3.40. The molecule has 2 radical (unpaired) electrons. The van der Waals surface area contributed by atoms with Crippen molar-refractivity contribution in [3.63, 3.8) is 0 Å². The summed E-state index contributed by atoms with van der Waals surface area (Å²) in [6.07, 6.45) is 0.989. The van der Waals surface area contributed by atoms with Crippen LogP contribution >= 0.6 is 0 Å². The van der Waals surface area contributed by atoms with E-state index in [1.54, 1.807) is 0 Å². The highest BCUT2D eigenvalue weighted by molar-refractivity contribution is 5.18. The van der Waals surface area contributed by atoms with Crippen molar-refractivity contribution in [3.05, 3.63) is 24.1 Å². The van der Waals surface area contributed by atoms with E-state index in [0.717, 1.165) is 30.9 Å². The molecule has 2 rings (SSSR count). The van der Waals surface area contributed by atoms with Crippen LogP contribution in [0.5, 0.6) is 0 Å². The Morgan fingerprint density at radius 1 is 1.50 bits per heavy atom. The van der Waals surface area contributed by atoms with Crippen LogP contribution in [0.1, 0.15) is 17.2 Å². The minimum atomic E-state index is 0.536. The minimum Gasteiger partial charge on any atom is -0.344 e. The van der Waals surface area contributed by atoms with Gasteiger partial charge >= 0.3 is 0 Å². The zero-order chi connectivity index (χ0) is 6.97. The van der Waals surface area contributed by atoms with Crippen LogP contribution in [0.25, 0.3) is 0 Å². The Morgan fingerprint density at radius 2 is 2.40 bits per heavy atom. The average Bonchev–Trinajstić information content (AvgIpc) is 2.27. The third-order valence-electron chi connectivity index (χ3n) is 1.72. The summed E-state index contributed by atoms with van der Waals surface area (Å²) >= 11 is 0. The van der Waals surface area contributed by atoms with E-state index in [0.29, 0.717) is 5.82 Å². The van der Waals surface area contributed by atoms with Crippen LogP contribution in [0, 0.1) is 6.92 Å². The Morgan fingerprint density at radius 3 is 3.20 bits per heavy atom. The van der Waals surface area contributed by atoms with Gasteiger partial charge in [-0.05, 0) is 0 Å². The molecule has 10 heavy (non-hydrogen) atoms. The molecule has 0 fully saturated rings. The molecular weight excluding hydrogens is 126 g/mol. The molecule has 0 saturated carbocycles. The van der Waals surface area contributed by atoms with Crippen LogP contribution in [0.4, 0.5) is 0 Å². The molecule has 2 heterocycles. The second-order valence-electron chi connectivity index (χ2n) is 2.47. The van der Waals surface area contributed by atoms with Crippen molar-refractivity contribution in [2.45, 2.75) is 13.0 Å². The van der Waals surface area contributed by atoms with E-state index in [9.17, 15) is 0 Å². The monoisotopic (exact) mass is 135 g/mol. The smallest absolute Gasteiger partial charge is 0.111 e. The first kappa shape index (κ1) is 5.92. The second-order valence-corrected chi connectivity index (χ2v) is 2.47. The molecule has 0 unspecified atom stereocenters. The van der Waals surface area contributed by atoms with Crippen LogP contribution < -0.4 is 5.32 Å². The number of hydrogen-bond donors (Lipinski definition) is 2. The average molecular weight is 135 g/mol. The van der Waals surface area contributed by atoms with Gasteiger partial charge in [-0.2, -0.15) is 0 Å². The van der Waals surface area contributed by atoms with Crippen molar-refractivity contribution in [1.82, 2.24) is 15.3 Å². The summed E-state index contributed by atoms with van der Waals surface area (Å²) in [6, 6.07) is 0. The second kappa shape index (κ2) is 2.09. The van der Waals surface area contributed by atoms with Gasteiger partial charge in [0.15, 0.2) is 0 Å². The van der Waals surface area contributed by atoms with Gasteiger partial charge in [-0.25, -0.2) is 4.98 Å². The van der Waals surface area contributed by atoms with Crippen LogP contribution in [-0.2, 0) is 13.0 Å². The molecule has 1 aliphatic rings. The number of imidazole rings is 1. The predicted octanol–water partition coefficient (Wildman–Crippen LogP) is 0.115. The Labute approximate surface area is 59.9 Å². The van der Waals surface area contributed by atoms with Crippen molar-refractivity contribution >= 4 is 0 Å². The van der Waals surface area contributed by atoms with Gasteiger partial charge in [0.05, 0.1) is 11.4 Å². The Balaban J connectivity index is 2.41. The Bertz CT molecular complexity index is 215. The van der Waals surface area contributed by atoms with Crippen molar-refractivity contribution in [1.29, 1.82) is 0 Å². The topological polar surface area (TPSA) is 40.7 Å². The lowest BCUT2D eigenvalue weighted by Gasteiger charge is -2.09. The summed E-state index contributed by atoms with van der Waals surface area (Å²) < 4.78 is 0. The van der Waals surface area contributed by atoms with Crippen LogP contribution in [0.15, 0.2) is 0 Å². The van der Waals surface area contributed by atoms with Gasteiger partial charge in [-0.1, -0.05) is 0 Å². The number of nitrogens with one attached hydrogen (secondary N) is 2. The SMILES string of the molecule is [CH]c1nc2c([nH]1)CNCC2. The lowest BCUT2D eigenvalue weighted by atomic mass is 10.2. The maximum atomic E-state index is 5.46. The van der Waals surface area contributed by atoms with E-state index in [4.69, 9.17) is 6.92 Å². The van der Waals surface area contributed by atoms with E-state index in [1.165, 1.54) is 0 Å². The summed E-state index contributed by atoms with van der Waals surface area (Å²) in [5, 5.41) is 3.23. The third-order valence-corrected chi connectivity index (χ3v) is 1.72. The highest BCUT2D eigenvalue weighted by Crippen LogP contribution is 2.09. The van der Waals surface area contributed by atoms with Gasteiger partial charge in [0.2, 0.25) is 0 Å². The molecular formula is C7H9N3. The number of aromatic nitrogens is 2. The van der Waals surface area contributed by atoms with E-state index < -0.39 is 0 Å². The molecule has 3 nitrogen and oxygen atoms in total. The lowest BCUT2D eigenvalue weighted by Crippen LogP contribution is -2.23. The third kappa shape index (κ3) is 0.827. The highest BCUT2D eigenvalue weighted by Gasteiger charge is 2.11. The zero-order valence-corrected chi connectivity index (χ0v) is 5.65. The zero-order valence-electron chi connectivity index (χ0n) is 5.65. The number of H-pyrrole nitrogens is 1. The molecule has 0 aliphatic carbocycles. The normalized spacial score (nSPS) is 16.9. The summed E-state index contributed by atoms with van der Waals surface area (Å²) in [4.78, 5) is 7.13. The summed E-state index contributed by atoms with van der Waals surface area (Å²) in [5.74, 6) is 0.536. The predicted molar refractivity (Wildman–Crippen MR) is 37.4 cm³/mol. The molecule has 3 heteroatoms. The van der Waals surface area contributed by atoms with Crippen LogP contribution in [0.3, 0.4) is 0 Å². The molecule has 0 saturated heterocycles. The van der Waals surface area contributed by atoms with Gasteiger partial charge < -0.3 is 10.3 Å². The van der Waals surface area contributed by atoms with Gasteiger partial charge in [0.25, 0.3) is 0 Å². The lowest BCUT2D eigenvalue weighted by molar-refractivity contribution is 0.627. The molecule has 0 aromatic carbocycles. The molecule has 52 valence electrons. The molecule has 0 atom stereocenters. The molecule has 2 N–H and O–H groups in total. The summed E-state index contributed by atoms with van der Waals surface area (Å²) in [5.41, 5.74) is 2.26. The van der Waals surface area contributed by atoms with E-state index >= 15 is 0 Å². The fourth-order valence-electron chi connectivity index (χ4n) is 1.24. The summed E-state index contributed by atoms with van der Waals surface area (Å²) in [6.45, 7) is 7.35. The van der Waals surface area contributed by atoms with E-state index in [2.05, 4.69) is 15.3 Å². The van der Waals surface area contributed by atoms with E-state index in [-0.39, 0.29) is 0 Å². The minimum absolute atomic E-state index is 0.536. The van der Waals surface area contributed by atoms with E-state index in [1.807, 2.05) is 0 Å². The first-order valence-electron chi connectivity index (χ1n) is 3.40. The first-order chi connectivity index (χ1) is 4.86. The fourth-order valence-corrected chi connectivity index (χ4v) is 1.24. The largest absolute Gasteiger partial charge is 0.344 e. The number of fused-ring (bicyclic) bond motifs is 1. The Hall–Kier alpha value is -0.830. The molecule has 1 aliphatic heterocycles. The van der Waals surface area contributed by atoms with Gasteiger partial charge in [0, 0.05) is 26.4 Å². The number of hydrogen-bond acceptors (Lipinski definition) is 2.